The van der Waals surface area contributed by atoms with Gasteiger partial charge in [-0.1, -0.05) is 24.3 Å². The van der Waals surface area contributed by atoms with Crippen LogP contribution >= 0.6 is 11.3 Å². The average Bonchev–Trinajstić information content (AvgIpc) is 3.38. The fraction of sp³-hybridized carbons (Fsp3) is 0.200. The number of rotatable bonds is 7. The molecule has 0 saturated heterocycles. The van der Waals surface area contributed by atoms with Crippen LogP contribution in [0.2, 0.25) is 0 Å². The zero-order valence-electron chi connectivity index (χ0n) is 17.0. The Morgan fingerprint density at radius 1 is 1.19 bits per heavy atom. The van der Waals surface area contributed by atoms with Crippen LogP contribution in [0.3, 0.4) is 0 Å². The van der Waals surface area contributed by atoms with Crippen LogP contribution in [0.5, 0.6) is 11.6 Å². The number of primary amides is 1. The van der Waals surface area contributed by atoms with Gasteiger partial charge in [0.1, 0.15) is 5.75 Å². The predicted molar refractivity (Wildman–Crippen MR) is 124 cm³/mol. The van der Waals surface area contributed by atoms with E-state index in [-0.39, 0.29) is 0 Å². The van der Waals surface area contributed by atoms with Gasteiger partial charge in [-0.05, 0) is 77.5 Å². The number of thiophene rings is 1. The van der Waals surface area contributed by atoms with Crippen molar-refractivity contribution in [1.82, 2.24) is 10.3 Å². The fourth-order valence-corrected chi connectivity index (χ4v) is 5.18. The summed E-state index contributed by atoms with van der Waals surface area (Å²) in [4.78, 5) is 15.3. The lowest BCUT2D eigenvalue weighted by molar-refractivity contribution is 0.1000. The number of amides is 1. The maximum absolute atomic E-state index is 11.2. The Hall–Kier alpha value is -3.22. The second-order valence-electron chi connectivity index (χ2n) is 7.76. The summed E-state index contributed by atoms with van der Waals surface area (Å²) in [5.41, 5.74) is 9.70. The Bertz CT molecular complexity index is 1230. The van der Waals surface area contributed by atoms with E-state index >= 15 is 0 Å². The number of pyridine rings is 1. The van der Waals surface area contributed by atoms with Crippen LogP contribution in [0, 0.1) is 0 Å². The summed E-state index contributed by atoms with van der Waals surface area (Å²) in [6, 6.07) is 18.5. The number of aryl methyl sites for hydroxylation is 1. The van der Waals surface area contributed by atoms with Crippen LogP contribution < -0.4 is 15.8 Å². The number of nitrogens with zero attached hydrogens (tertiary/aromatic N) is 1. The molecule has 0 fully saturated rings. The highest BCUT2D eigenvalue weighted by Crippen LogP contribution is 2.35. The standard InChI is InChI=1S/C25H23N3O2S/c26-25(29)17-6-10-24(28-14-17)30-19-7-8-20-16(13-19)5-9-22(20)27-12-11-18-15-31-23-4-2-1-3-21(18)23/h1-4,6-8,10,13-15,22,27H,5,9,11-12H2,(H2,26,29). The zero-order valence-corrected chi connectivity index (χ0v) is 17.8. The van der Waals surface area contributed by atoms with Gasteiger partial charge in [0, 0.05) is 23.0 Å². The smallest absolute Gasteiger partial charge is 0.250 e. The fourth-order valence-electron chi connectivity index (χ4n) is 4.18. The molecule has 0 spiro atoms. The molecule has 0 radical (unpaired) electrons. The second-order valence-corrected chi connectivity index (χ2v) is 8.68. The van der Waals surface area contributed by atoms with E-state index in [1.807, 2.05) is 17.4 Å². The molecule has 31 heavy (non-hydrogen) atoms. The molecule has 1 amide bonds. The summed E-state index contributed by atoms with van der Waals surface area (Å²) < 4.78 is 7.22. The third kappa shape index (κ3) is 4.17. The van der Waals surface area contributed by atoms with E-state index in [0.29, 0.717) is 17.5 Å². The zero-order chi connectivity index (χ0) is 21.2. The summed E-state index contributed by atoms with van der Waals surface area (Å²) in [6.45, 7) is 0.958. The summed E-state index contributed by atoms with van der Waals surface area (Å²) in [5.74, 6) is 0.700. The molecule has 1 aliphatic rings. The van der Waals surface area contributed by atoms with Gasteiger partial charge in [-0.15, -0.1) is 11.3 Å². The maximum atomic E-state index is 11.2. The van der Waals surface area contributed by atoms with Gasteiger partial charge in [0.25, 0.3) is 0 Å². The first kappa shape index (κ1) is 19.7. The molecule has 2 heterocycles. The molecule has 0 bridgehead atoms. The van der Waals surface area contributed by atoms with Crippen LogP contribution in [-0.2, 0) is 12.8 Å². The van der Waals surface area contributed by atoms with Gasteiger partial charge < -0.3 is 15.8 Å². The Labute approximate surface area is 184 Å². The highest BCUT2D eigenvalue weighted by Gasteiger charge is 2.22. The number of ether oxygens (including phenoxy) is 1. The predicted octanol–water partition coefficient (Wildman–Crippen LogP) is 5.01. The van der Waals surface area contributed by atoms with Gasteiger partial charge in [-0.3, -0.25) is 4.79 Å². The van der Waals surface area contributed by atoms with E-state index in [1.165, 1.54) is 33.0 Å². The number of carbonyl (C=O) groups is 1. The minimum atomic E-state index is -0.498. The number of hydrogen-bond donors (Lipinski definition) is 2. The van der Waals surface area contributed by atoms with E-state index in [2.05, 4.69) is 52.1 Å². The molecule has 6 heteroatoms. The Morgan fingerprint density at radius 3 is 2.94 bits per heavy atom. The molecule has 1 unspecified atom stereocenters. The van der Waals surface area contributed by atoms with Crippen LogP contribution in [0.25, 0.3) is 10.1 Å². The first-order valence-corrected chi connectivity index (χ1v) is 11.3. The van der Waals surface area contributed by atoms with Crippen LogP contribution in [0.4, 0.5) is 0 Å². The SMILES string of the molecule is NC(=O)c1ccc(Oc2ccc3c(c2)CCC3NCCc2csc3ccccc23)nc1. The van der Waals surface area contributed by atoms with Gasteiger partial charge in [-0.2, -0.15) is 0 Å². The lowest BCUT2D eigenvalue weighted by atomic mass is 10.1. The van der Waals surface area contributed by atoms with Gasteiger partial charge in [0.05, 0.1) is 5.56 Å². The lowest BCUT2D eigenvalue weighted by Gasteiger charge is -2.14. The molecule has 1 aliphatic carbocycles. The van der Waals surface area contributed by atoms with Crippen LogP contribution in [0.15, 0.2) is 66.2 Å². The van der Waals surface area contributed by atoms with Crippen LogP contribution in [0.1, 0.15) is 39.5 Å². The van der Waals surface area contributed by atoms with Crippen molar-refractivity contribution in [2.24, 2.45) is 5.73 Å². The molecule has 0 saturated carbocycles. The quantitative estimate of drug-likeness (QED) is 0.433. The summed E-state index contributed by atoms with van der Waals surface area (Å²) in [7, 11) is 0. The minimum Gasteiger partial charge on any atom is -0.439 e. The first-order chi connectivity index (χ1) is 15.2. The van der Waals surface area contributed by atoms with Crippen molar-refractivity contribution in [3.63, 3.8) is 0 Å². The second kappa shape index (κ2) is 8.49. The van der Waals surface area contributed by atoms with Crippen molar-refractivity contribution in [2.45, 2.75) is 25.3 Å². The molecule has 156 valence electrons. The molecule has 2 aromatic carbocycles. The number of nitrogens with two attached hydrogens (primary N) is 1. The number of carbonyl (C=O) groups excluding carboxylic acids is 1. The van der Waals surface area contributed by atoms with Crippen molar-refractivity contribution in [1.29, 1.82) is 0 Å². The number of hydrogen-bond acceptors (Lipinski definition) is 5. The molecule has 5 nitrogen and oxygen atoms in total. The summed E-state index contributed by atoms with van der Waals surface area (Å²) in [6.07, 6.45) is 4.58. The summed E-state index contributed by atoms with van der Waals surface area (Å²) in [5, 5.41) is 7.39. The number of aromatic nitrogens is 1. The molecule has 1 atom stereocenters. The topological polar surface area (TPSA) is 77.2 Å². The van der Waals surface area contributed by atoms with Crippen molar-refractivity contribution in [2.75, 3.05) is 6.54 Å². The van der Waals surface area contributed by atoms with E-state index in [0.717, 1.165) is 31.6 Å². The van der Waals surface area contributed by atoms with E-state index in [4.69, 9.17) is 10.5 Å². The highest BCUT2D eigenvalue weighted by atomic mass is 32.1. The van der Waals surface area contributed by atoms with Crippen LogP contribution in [-0.4, -0.2) is 17.4 Å². The van der Waals surface area contributed by atoms with E-state index in [9.17, 15) is 4.79 Å². The van der Waals surface area contributed by atoms with Gasteiger partial charge in [-0.25, -0.2) is 4.98 Å². The average molecular weight is 430 g/mol. The van der Waals surface area contributed by atoms with Crippen molar-refractivity contribution in [3.8, 4) is 11.6 Å². The molecule has 2 aromatic heterocycles. The Balaban J connectivity index is 1.21. The van der Waals surface area contributed by atoms with Gasteiger partial charge >= 0.3 is 0 Å². The molecule has 3 N–H and O–H groups in total. The van der Waals surface area contributed by atoms with Gasteiger partial charge in [0.2, 0.25) is 11.8 Å². The Kier molecular flexibility index (Phi) is 5.40. The van der Waals surface area contributed by atoms with E-state index in [1.54, 1.807) is 12.1 Å². The van der Waals surface area contributed by atoms with Gasteiger partial charge in [0.15, 0.2) is 0 Å². The van der Waals surface area contributed by atoms with E-state index < -0.39 is 5.91 Å². The monoisotopic (exact) mass is 429 g/mol. The first-order valence-electron chi connectivity index (χ1n) is 10.4. The van der Waals surface area contributed by atoms with Crippen molar-refractivity contribution >= 4 is 27.3 Å². The summed E-state index contributed by atoms with van der Waals surface area (Å²) >= 11 is 1.82. The lowest BCUT2D eigenvalue weighted by Crippen LogP contribution is -2.21. The molecular formula is C25H23N3O2S. The minimum absolute atomic E-state index is 0.366. The molecular weight excluding hydrogens is 406 g/mol. The largest absolute Gasteiger partial charge is 0.439 e. The number of fused-ring (bicyclic) bond motifs is 2. The molecule has 0 aliphatic heterocycles. The third-order valence-electron chi connectivity index (χ3n) is 5.78. The Morgan fingerprint density at radius 2 is 2.10 bits per heavy atom. The number of nitrogens with one attached hydrogen (secondary N) is 1. The van der Waals surface area contributed by atoms with Crippen molar-refractivity contribution in [3.05, 3.63) is 88.4 Å². The molecule has 4 aromatic rings. The highest BCUT2D eigenvalue weighted by molar-refractivity contribution is 7.17. The molecule has 5 rings (SSSR count). The third-order valence-corrected chi connectivity index (χ3v) is 6.79. The van der Waals surface area contributed by atoms with Crippen molar-refractivity contribution < 1.29 is 9.53 Å². The maximum Gasteiger partial charge on any atom is 0.250 e. The normalized spacial score (nSPS) is 15.2. The number of benzene rings is 2.